The van der Waals surface area contributed by atoms with E-state index in [4.69, 9.17) is 0 Å². The number of benzene rings is 2. The molecule has 5 heterocycles. The van der Waals surface area contributed by atoms with Gasteiger partial charge in [-0.15, -0.1) is 11.3 Å². The molecule has 1 unspecified atom stereocenters. The number of nitrogens with one attached hydrogen (secondary N) is 2. The fourth-order valence-corrected chi connectivity index (χ4v) is 6.82. The summed E-state index contributed by atoms with van der Waals surface area (Å²) in [6.07, 6.45) is 4.95. The number of carbonyl (C=O) groups is 2. The van der Waals surface area contributed by atoms with Crippen LogP contribution in [-0.4, -0.2) is 42.4 Å². The quantitative estimate of drug-likeness (QED) is 0.593. The fourth-order valence-electron chi connectivity index (χ4n) is 5.72. The van der Waals surface area contributed by atoms with Gasteiger partial charge in [0.1, 0.15) is 0 Å². The summed E-state index contributed by atoms with van der Waals surface area (Å²) in [5, 5.41) is 7.54. The van der Waals surface area contributed by atoms with Gasteiger partial charge in [-0.1, -0.05) is 42.5 Å². The molecule has 4 fully saturated rings. The molecule has 2 bridgehead atoms. The average Bonchev–Trinajstić information content (AvgIpc) is 3.30. The highest BCUT2D eigenvalue weighted by Gasteiger charge is 2.35. The molecule has 2 amide bonds. The van der Waals surface area contributed by atoms with Gasteiger partial charge in [-0.25, -0.2) is 0 Å². The van der Waals surface area contributed by atoms with Gasteiger partial charge in [0.2, 0.25) is 5.91 Å². The Bertz CT molecular complexity index is 1190. The van der Waals surface area contributed by atoms with Crippen molar-refractivity contribution in [1.82, 2.24) is 15.5 Å². The van der Waals surface area contributed by atoms with Gasteiger partial charge in [-0.3, -0.25) is 9.59 Å². The van der Waals surface area contributed by atoms with E-state index < -0.39 is 0 Å². The molecular weight excluding hydrogens is 430 g/mol. The van der Waals surface area contributed by atoms with Crippen molar-refractivity contribution in [1.29, 1.82) is 0 Å². The van der Waals surface area contributed by atoms with E-state index in [0.717, 1.165) is 51.0 Å². The Morgan fingerprint density at radius 2 is 1.88 bits per heavy atom. The van der Waals surface area contributed by atoms with Crippen molar-refractivity contribution in [2.45, 2.75) is 44.2 Å². The summed E-state index contributed by atoms with van der Waals surface area (Å²) in [4.78, 5) is 28.1. The predicted molar refractivity (Wildman–Crippen MR) is 132 cm³/mol. The molecule has 33 heavy (non-hydrogen) atoms. The summed E-state index contributed by atoms with van der Waals surface area (Å²) in [5.74, 6) is 0.823. The van der Waals surface area contributed by atoms with E-state index in [0.29, 0.717) is 12.3 Å². The molecule has 7 rings (SSSR count). The number of hydrogen-bond acceptors (Lipinski definition) is 4. The van der Waals surface area contributed by atoms with Gasteiger partial charge >= 0.3 is 0 Å². The molecule has 2 N–H and O–H groups in total. The smallest absolute Gasteiger partial charge is 0.261 e. The van der Waals surface area contributed by atoms with Crippen LogP contribution >= 0.6 is 11.3 Å². The van der Waals surface area contributed by atoms with Gasteiger partial charge < -0.3 is 15.5 Å². The van der Waals surface area contributed by atoms with Crippen LogP contribution in [0.15, 0.2) is 48.5 Å². The molecule has 0 radical (unpaired) electrons. The molecule has 6 heteroatoms. The number of rotatable bonds is 4. The monoisotopic (exact) mass is 459 g/mol. The van der Waals surface area contributed by atoms with Crippen molar-refractivity contribution < 1.29 is 9.59 Å². The van der Waals surface area contributed by atoms with E-state index in [-0.39, 0.29) is 23.9 Å². The Kier molecular flexibility index (Phi) is 5.43. The molecule has 0 spiro atoms. The molecule has 4 saturated heterocycles. The van der Waals surface area contributed by atoms with Crippen LogP contribution in [0.2, 0.25) is 0 Å². The highest BCUT2D eigenvalue weighted by molar-refractivity contribution is 7.21. The molecular formula is C27H29N3O2S. The van der Waals surface area contributed by atoms with Crippen LogP contribution in [0.25, 0.3) is 21.2 Å². The SMILES string of the molecule is O=C1CCCC(c2ccc(-c3cccc4cc(C(=O)N[C@H]5CN6CCC5CC6)sc34)cc2)N1. The number of nitrogens with zero attached hydrogens (tertiary/aromatic N) is 1. The van der Waals surface area contributed by atoms with Crippen molar-refractivity contribution in [2.75, 3.05) is 19.6 Å². The lowest BCUT2D eigenvalue weighted by atomic mass is 9.84. The van der Waals surface area contributed by atoms with E-state index >= 15 is 0 Å². The Hall–Kier alpha value is -2.70. The minimum absolute atomic E-state index is 0.0595. The number of carbonyl (C=O) groups excluding carboxylic acids is 2. The zero-order valence-corrected chi connectivity index (χ0v) is 19.5. The Labute approximate surface area is 198 Å². The summed E-state index contributed by atoms with van der Waals surface area (Å²) < 4.78 is 1.15. The van der Waals surface area contributed by atoms with Crippen LogP contribution in [0.1, 0.15) is 53.4 Å². The molecule has 4 aliphatic heterocycles. The second kappa shape index (κ2) is 8.58. The van der Waals surface area contributed by atoms with Crippen LogP contribution in [-0.2, 0) is 4.79 Å². The van der Waals surface area contributed by atoms with Crippen LogP contribution in [0.5, 0.6) is 0 Å². The van der Waals surface area contributed by atoms with Crippen LogP contribution in [0, 0.1) is 5.92 Å². The fraction of sp³-hybridized carbons (Fsp3) is 0.407. The van der Waals surface area contributed by atoms with Crippen LogP contribution in [0.4, 0.5) is 0 Å². The van der Waals surface area contributed by atoms with Gasteiger partial charge in [0.05, 0.1) is 10.9 Å². The molecule has 2 atom stereocenters. The first-order valence-corrected chi connectivity index (χ1v) is 12.9. The lowest BCUT2D eigenvalue weighted by Crippen LogP contribution is -2.57. The van der Waals surface area contributed by atoms with Gasteiger partial charge in [-0.05, 0) is 72.8 Å². The predicted octanol–water partition coefficient (Wildman–Crippen LogP) is 4.73. The lowest BCUT2D eigenvalue weighted by molar-refractivity contribution is -0.123. The molecule has 170 valence electrons. The average molecular weight is 460 g/mol. The van der Waals surface area contributed by atoms with Crippen molar-refractivity contribution >= 4 is 33.2 Å². The van der Waals surface area contributed by atoms with E-state index in [2.05, 4.69) is 58.0 Å². The standard InChI is InChI=1S/C27H29N3O2S/c31-25-6-2-5-22(28-25)18-9-7-17(8-10-18)21-4-1-3-20-15-24(33-26(20)21)27(32)29-23-16-30-13-11-19(23)12-14-30/h1,3-4,7-10,15,19,22-23H,2,5-6,11-14,16H2,(H,28,31)(H,29,32)/t22?,23-/m0/s1. The highest BCUT2D eigenvalue weighted by Crippen LogP contribution is 2.36. The normalized spacial score (nSPS) is 26.8. The molecule has 1 aromatic heterocycles. The Morgan fingerprint density at radius 1 is 1.06 bits per heavy atom. The third-order valence-electron chi connectivity index (χ3n) is 7.60. The van der Waals surface area contributed by atoms with Gasteiger partial charge in [0.15, 0.2) is 0 Å². The number of hydrogen-bond donors (Lipinski definition) is 2. The second-order valence-corrected chi connectivity index (χ2v) is 10.7. The second-order valence-electron chi connectivity index (χ2n) is 9.69. The van der Waals surface area contributed by atoms with Gasteiger partial charge in [0, 0.05) is 23.7 Å². The summed E-state index contributed by atoms with van der Waals surface area (Å²) >= 11 is 1.59. The largest absolute Gasteiger partial charge is 0.349 e. The Balaban J connectivity index is 1.23. The van der Waals surface area contributed by atoms with Crippen molar-refractivity contribution in [3.05, 3.63) is 59.0 Å². The number of piperidine rings is 4. The molecule has 0 aliphatic carbocycles. The minimum Gasteiger partial charge on any atom is -0.349 e. The number of fused-ring (bicyclic) bond motifs is 4. The highest BCUT2D eigenvalue weighted by atomic mass is 32.1. The van der Waals surface area contributed by atoms with Crippen LogP contribution < -0.4 is 10.6 Å². The molecule has 3 aromatic rings. The maximum Gasteiger partial charge on any atom is 0.261 e. The topological polar surface area (TPSA) is 61.4 Å². The maximum absolute atomic E-state index is 13.1. The lowest BCUT2D eigenvalue weighted by Gasteiger charge is -2.44. The summed E-state index contributed by atoms with van der Waals surface area (Å²) in [7, 11) is 0. The molecule has 5 nitrogen and oxygen atoms in total. The van der Waals surface area contributed by atoms with Crippen molar-refractivity contribution in [3.63, 3.8) is 0 Å². The van der Waals surface area contributed by atoms with Crippen molar-refractivity contribution in [2.24, 2.45) is 5.92 Å². The van der Waals surface area contributed by atoms with Gasteiger partial charge in [-0.2, -0.15) is 0 Å². The van der Waals surface area contributed by atoms with E-state index in [1.165, 1.54) is 25.9 Å². The van der Waals surface area contributed by atoms with Crippen LogP contribution in [0.3, 0.4) is 0 Å². The molecule has 4 aliphatic rings. The summed E-state index contributed by atoms with van der Waals surface area (Å²) in [6, 6.07) is 17.2. The summed E-state index contributed by atoms with van der Waals surface area (Å²) in [6.45, 7) is 3.34. The summed E-state index contributed by atoms with van der Waals surface area (Å²) in [5.41, 5.74) is 3.44. The van der Waals surface area contributed by atoms with Crippen molar-refractivity contribution in [3.8, 4) is 11.1 Å². The number of amides is 2. The minimum atomic E-state index is 0.0595. The first kappa shape index (κ1) is 20.9. The first-order valence-electron chi connectivity index (χ1n) is 12.1. The van der Waals surface area contributed by atoms with E-state index in [1.807, 2.05) is 6.07 Å². The van der Waals surface area contributed by atoms with E-state index in [9.17, 15) is 9.59 Å². The third-order valence-corrected chi connectivity index (χ3v) is 8.78. The molecule has 2 aromatic carbocycles. The number of thiophene rings is 1. The Morgan fingerprint density at radius 3 is 2.61 bits per heavy atom. The zero-order chi connectivity index (χ0) is 22.4. The molecule has 0 saturated carbocycles. The third kappa shape index (κ3) is 4.06. The first-order chi connectivity index (χ1) is 16.1. The maximum atomic E-state index is 13.1. The zero-order valence-electron chi connectivity index (χ0n) is 18.7. The van der Waals surface area contributed by atoms with E-state index in [1.54, 1.807) is 11.3 Å². The van der Waals surface area contributed by atoms with Gasteiger partial charge in [0.25, 0.3) is 5.91 Å².